The molecule has 1 saturated heterocycles. The molecule has 2 fully saturated rings. The third-order valence-electron chi connectivity index (χ3n) is 5.30. The predicted molar refractivity (Wildman–Crippen MR) is 106 cm³/mol. The van der Waals surface area contributed by atoms with Crippen LogP contribution in [0.25, 0.3) is 0 Å². The van der Waals surface area contributed by atoms with Gasteiger partial charge in [0.2, 0.25) is 5.91 Å². The van der Waals surface area contributed by atoms with E-state index in [9.17, 15) is 4.79 Å². The lowest BCUT2D eigenvalue weighted by Gasteiger charge is -2.34. The van der Waals surface area contributed by atoms with Crippen molar-refractivity contribution in [3.63, 3.8) is 0 Å². The molecule has 1 saturated carbocycles. The third kappa shape index (κ3) is 6.04. The van der Waals surface area contributed by atoms with E-state index in [1.54, 1.807) is 0 Å². The van der Waals surface area contributed by atoms with Gasteiger partial charge in [-0.2, -0.15) is 0 Å². The van der Waals surface area contributed by atoms with Crippen LogP contribution in [0.15, 0.2) is 35.3 Å². The number of rotatable bonds is 7. The van der Waals surface area contributed by atoms with Crippen molar-refractivity contribution in [3.05, 3.63) is 35.9 Å². The predicted octanol–water partition coefficient (Wildman–Crippen LogP) is 2.58. The fourth-order valence-corrected chi connectivity index (χ4v) is 3.61. The topological polar surface area (TPSA) is 56.7 Å². The van der Waals surface area contributed by atoms with Gasteiger partial charge in [0.05, 0.1) is 0 Å². The molecular weight excluding hydrogens is 324 g/mol. The third-order valence-corrected chi connectivity index (χ3v) is 5.30. The Hall–Kier alpha value is -2.04. The molecule has 5 nitrogen and oxygen atoms in total. The summed E-state index contributed by atoms with van der Waals surface area (Å²) in [7, 11) is 1.85. The number of carbonyl (C=O) groups is 1. The molecule has 1 amide bonds. The zero-order valence-corrected chi connectivity index (χ0v) is 15.9. The van der Waals surface area contributed by atoms with Crippen molar-refractivity contribution in [2.24, 2.45) is 10.9 Å². The van der Waals surface area contributed by atoms with E-state index in [1.165, 1.54) is 24.8 Å². The first-order chi connectivity index (χ1) is 12.7. The van der Waals surface area contributed by atoms with Crippen molar-refractivity contribution in [1.29, 1.82) is 0 Å². The van der Waals surface area contributed by atoms with Crippen molar-refractivity contribution >= 4 is 11.9 Å². The summed E-state index contributed by atoms with van der Waals surface area (Å²) >= 11 is 0. The molecule has 2 aliphatic rings. The van der Waals surface area contributed by atoms with Crippen LogP contribution >= 0.6 is 0 Å². The maximum Gasteiger partial charge on any atom is 0.220 e. The highest BCUT2D eigenvalue weighted by Crippen LogP contribution is 2.21. The number of likely N-dealkylation sites (tertiary alicyclic amines) is 1. The molecule has 2 N–H and O–H groups in total. The van der Waals surface area contributed by atoms with Gasteiger partial charge in [-0.1, -0.05) is 30.3 Å². The molecule has 5 heteroatoms. The summed E-state index contributed by atoms with van der Waals surface area (Å²) in [6.07, 6.45) is 7.34. The van der Waals surface area contributed by atoms with Crippen LogP contribution in [0, 0.1) is 5.92 Å². The first-order valence-electron chi connectivity index (χ1n) is 10.0. The van der Waals surface area contributed by atoms with Crippen molar-refractivity contribution in [1.82, 2.24) is 15.5 Å². The van der Waals surface area contributed by atoms with Crippen LogP contribution in [0.2, 0.25) is 0 Å². The molecule has 0 spiro atoms. The Kier molecular flexibility index (Phi) is 6.92. The van der Waals surface area contributed by atoms with Crippen LogP contribution in [0.5, 0.6) is 0 Å². The molecule has 1 aliphatic heterocycles. The Morgan fingerprint density at radius 1 is 1.15 bits per heavy atom. The molecule has 1 aromatic carbocycles. The zero-order valence-electron chi connectivity index (χ0n) is 15.9. The lowest BCUT2D eigenvalue weighted by Crippen LogP contribution is -2.46. The Bertz CT molecular complexity index is 589. The quantitative estimate of drug-likeness (QED) is 0.448. The fraction of sp³-hybridized carbons (Fsp3) is 0.619. The van der Waals surface area contributed by atoms with Gasteiger partial charge in [-0.25, -0.2) is 0 Å². The van der Waals surface area contributed by atoms with E-state index in [0.717, 1.165) is 50.8 Å². The molecule has 142 valence electrons. The van der Waals surface area contributed by atoms with E-state index in [-0.39, 0.29) is 5.91 Å². The monoisotopic (exact) mass is 356 g/mol. The normalized spacial score (nSPS) is 18.7. The largest absolute Gasteiger partial charge is 0.356 e. The number of benzene rings is 1. The average Bonchev–Trinajstić information content (AvgIpc) is 3.47. The minimum Gasteiger partial charge on any atom is -0.356 e. The van der Waals surface area contributed by atoms with Crippen molar-refractivity contribution < 1.29 is 4.79 Å². The van der Waals surface area contributed by atoms with Crippen molar-refractivity contribution in [2.75, 3.05) is 26.7 Å². The van der Waals surface area contributed by atoms with Crippen LogP contribution in [0.4, 0.5) is 0 Å². The second-order valence-corrected chi connectivity index (χ2v) is 7.54. The molecule has 26 heavy (non-hydrogen) atoms. The molecule has 1 aliphatic carbocycles. The van der Waals surface area contributed by atoms with E-state index in [1.807, 2.05) is 7.05 Å². The summed E-state index contributed by atoms with van der Waals surface area (Å²) in [5.41, 5.74) is 1.44. The van der Waals surface area contributed by atoms with Gasteiger partial charge in [0.15, 0.2) is 5.96 Å². The second-order valence-electron chi connectivity index (χ2n) is 7.54. The summed E-state index contributed by atoms with van der Waals surface area (Å²) in [4.78, 5) is 18.5. The smallest absolute Gasteiger partial charge is 0.220 e. The fourth-order valence-electron chi connectivity index (χ4n) is 3.61. The maximum atomic E-state index is 11.7. The van der Waals surface area contributed by atoms with Crippen LogP contribution in [-0.2, 0) is 11.2 Å². The first-order valence-corrected chi connectivity index (χ1v) is 10.0. The number of aliphatic imine (C=N–C) groups is 1. The summed E-state index contributed by atoms with van der Waals surface area (Å²) in [5.74, 6) is 1.93. The van der Waals surface area contributed by atoms with Crippen molar-refractivity contribution in [3.8, 4) is 0 Å². The zero-order chi connectivity index (χ0) is 18.2. The van der Waals surface area contributed by atoms with Crippen LogP contribution in [-0.4, -0.2) is 49.5 Å². The Morgan fingerprint density at radius 2 is 1.88 bits per heavy atom. The highest BCUT2D eigenvalue weighted by molar-refractivity contribution is 5.80. The molecule has 3 rings (SSSR count). The summed E-state index contributed by atoms with van der Waals surface area (Å²) < 4.78 is 0. The van der Waals surface area contributed by atoms with Gasteiger partial charge in [-0.05, 0) is 50.0 Å². The van der Waals surface area contributed by atoms with E-state index < -0.39 is 0 Å². The number of piperidine rings is 1. The number of hydrogen-bond acceptors (Lipinski definition) is 2. The molecule has 0 atom stereocenters. The van der Waals surface area contributed by atoms with Crippen LogP contribution < -0.4 is 10.6 Å². The van der Waals surface area contributed by atoms with Crippen molar-refractivity contribution in [2.45, 2.75) is 51.0 Å². The molecule has 1 aromatic rings. The van der Waals surface area contributed by atoms with Gasteiger partial charge in [-0.15, -0.1) is 0 Å². The van der Waals surface area contributed by atoms with Crippen LogP contribution in [0.1, 0.15) is 44.1 Å². The van der Waals surface area contributed by atoms with E-state index in [0.29, 0.717) is 12.5 Å². The highest BCUT2D eigenvalue weighted by atomic mass is 16.1. The number of guanidine groups is 1. The number of nitrogens with one attached hydrogen (secondary N) is 2. The highest BCUT2D eigenvalue weighted by Gasteiger charge is 2.23. The van der Waals surface area contributed by atoms with Gasteiger partial charge >= 0.3 is 0 Å². The van der Waals surface area contributed by atoms with Gasteiger partial charge in [0.1, 0.15) is 0 Å². The second kappa shape index (κ2) is 9.60. The summed E-state index contributed by atoms with van der Waals surface area (Å²) in [6.45, 7) is 2.91. The van der Waals surface area contributed by atoms with Gasteiger partial charge in [-0.3, -0.25) is 9.79 Å². The van der Waals surface area contributed by atoms with Gasteiger partial charge < -0.3 is 15.5 Å². The molecule has 1 heterocycles. The maximum absolute atomic E-state index is 11.7. The minimum atomic E-state index is 0.186. The number of nitrogens with zero attached hydrogens (tertiary/aromatic N) is 2. The number of amides is 1. The molecule has 0 radical (unpaired) electrons. The standard InChI is InChI=1S/C21H32N4O/c1-22-21(23-13-5-8-20(26)24-19-9-10-19)25-14-11-18(12-15-25)16-17-6-3-2-4-7-17/h2-4,6-7,18-19H,5,8-16H2,1H3,(H,22,23)(H,24,26). The lowest BCUT2D eigenvalue weighted by atomic mass is 9.90. The van der Waals surface area contributed by atoms with E-state index in [4.69, 9.17) is 0 Å². The average molecular weight is 357 g/mol. The van der Waals surface area contributed by atoms with Gasteiger partial charge in [0.25, 0.3) is 0 Å². The molecule has 0 bridgehead atoms. The first kappa shape index (κ1) is 18.7. The van der Waals surface area contributed by atoms with E-state index in [2.05, 4.69) is 50.9 Å². The van der Waals surface area contributed by atoms with E-state index >= 15 is 0 Å². The molecule has 0 aromatic heterocycles. The Balaban J connectivity index is 1.33. The molecular formula is C21H32N4O. The van der Waals surface area contributed by atoms with Gasteiger partial charge in [0, 0.05) is 39.1 Å². The Labute approximate surface area is 157 Å². The Morgan fingerprint density at radius 3 is 2.54 bits per heavy atom. The number of carbonyl (C=O) groups excluding carboxylic acids is 1. The summed E-state index contributed by atoms with van der Waals surface area (Å²) in [6, 6.07) is 11.2. The SMILES string of the molecule is CN=C(NCCCC(=O)NC1CC1)N1CCC(Cc2ccccc2)CC1. The summed E-state index contributed by atoms with van der Waals surface area (Å²) in [5, 5.41) is 6.46. The number of hydrogen-bond donors (Lipinski definition) is 2. The minimum absolute atomic E-state index is 0.186. The lowest BCUT2D eigenvalue weighted by molar-refractivity contribution is -0.121. The molecule has 0 unspecified atom stereocenters. The van der Waals surface area contributed by atoms with Crippen LogP contribution in [0.3, 0.4) is 0 Å².